The molecular weight excluding hydrogens is 388 g/mol. The van der Waals surface area contributed by atoms with Crippen molar-refractivity contribution in [3.05, 3.63) is 71.8 Å². The number of aryl methyl sites for hydroxylation is 1. The predicted molar refractivity (Wildman–Crippen MR) is 113 cm³/mol. The molecule has 0 aromatic heterocycles. The van der Waals surface area contributed by atoms with Crippen LogP contribution in [0.2, 0.25) is 0 Å². The fraction of sp³-hybridized carbons (Fsp3) is 0.227. The van der Waals surface area contributed by atoms with Crippen LogP contribution in [0, 0.1) is 6.92 Å². The fourth-order valence-electron chi connectivity index (χ4n) is 3.47. The topological polar surface area (TPSA) is 75.7 Å². The molecule has 29 heavy (non-hydrogen) atoms. The molecule has 0 bridgehead atoms. The molecular formula is C22H22N2O4S. The fourth-order valence-corrected chi connectivity index (χ4v) is 4.90. The summed E-state index contributed by atoms with van der Waals surface area (Å²) in [6.45, 7) is 3.17. The Morgan fingerprint density at radius 3 is 2.52 bits per heavy atom. The Bertz CT molecular complexity index is 1160. The highest BCUT2D eigenvalue weighted by molar-refractivity contribution is 7.89. The zero-order valence-electron chi connectivity index (χ0n) is 16.1. The second kappa shape index (κ2) is 7.94. The van der Waals surface area contributed by atoms with Crippen molar-refractivity contribution in [2.45, 2.75) is 11.8 Å². The van der Waals surface area contributed by atoms with Gasteiger partial charge in [0.2, 0.25) is 10.0 Å². The monoisotopic (exact) mass is 410 g/mol. The third kappa shape index (κ3) is 3.89. The maximum absolute atomic E-state index is 13.0. The minimum Gasteiger partial charge on any atom is -0.379 e. The van der Waals surface area contributed by atoms with Crippen molar-refractivity contribution in [2.75, 3.05) is 31.6 Å². The Balaban J connectivity index is 1.66. The van der Waals surface area contributed by atoms with Gasteiger partial charge in [-0.1, -0.05) is 42.5 Å². The number of rotatable bonds is 4. The summed E-state index contributed by atoms with van der Waals surface area (Å²) in [4.78, 5) is 13.1. The van der Waals surface area contributed by atoms with Crippen LogP contribution in [0.3, 0.4) is 0 Å². The number of hydrogen-bond acceptors (Lipinski definition) is 4. The standard InChI is InChI=1S/C22H22N2O4S/c1-16-9-10-18(29(26,27)24-11-13-28-14-12-24)15-20(16)22(25)23-21-8-4-6-17-5-2-3-7-19(17)21/h2-10,15H,11-14H2,1H3,(H,23,25). The summed E-state index contributed by atoms with van der Waals surface area (Å²) >= 11 is 0. The van der Waals surface area contributed by atoms with Crippen molar-refractivity contribution in [3.8, 4) is 0 Å². The highest BCUT2D eigenvalue weighted by Gasteiger charge is 2.27. The summed E-state index contributed by atoms with van der Waals surface area (Å²) in [7, 11) is -3.67. The van der Waals surface area contributed by atoms with E-state index in [1.54, 1.807) is 19.1 Å². The van der Waals surface area contributed by atoms with Gasteiger partial charge in [0.15, 0.2) is 0 Å². The molecule has 1 aliphatic rings. The van der Waals surface area contributed by atoms with Crippen LogP contribution < -0.4 is 5.32 Å². The van der Waals surface area contributed by atoms with Crippen LogP contribution in [0.25, 0.3) is 10.8 Å². The highest BCUT2D eigenvalue weighted by Crippen LogP contribution is 2.25. The van der Waals surface area contributed by atoms with Crippen molar-refractivity contribution >= 4 is 32.4 Å². The number of carbonyl (C=O) groups excluding carboxylic acids is 1. The molecule has 0 unspecified atom stereocenters. The Labute approximate surface area is 170 Å². The average molecular weight is 410 g/mol. The van der Waals surface area contributed by atoms with Crippen molar-refractivity contribution in [2.24, 2.45) is 0 Å². The van der Waals surface area contributed by atoms with E-state index in [1.165, 1.54) is 10.4 Å². The highest BCUT2D eigenvalue weighted by atomic mass is 32.2. The first kappa shape index (κ1) is 19.6. The largest absolute Gasteiger partial charge is 0.379 e. The Morgan fingerprint density at radius 2 is 1.72 bits per heavy atom. The molecule has 1 saturated heterocycles. The Morgan fingerprint density at radius 1 is 1.00 bits per heavy atom. The molecule has 1 aliphatic heterocycles. The summed E-state index contributed by atoms with van der Waals surface area (Å²) in [6, 6.07) is 18.2. The Kier molecular flexibility index (Phi) is 5.36. The minimum atomic E-state index is -3.67. The van der Waals surface area contributed by atoms with E-state index < -0.39 is 10.0 Å². The van der Waals surface area contributed by atoms with Gasteiger partial charge in [0.05, 0.1) is 18.1 Å². The van der Waals surface area contributed by atoms with Gasteiger partial charge in [-0.2, -0.15) is 4.31 Å². The average Bonchev–Trinajstić information content (AvgIpc) is 2.75. The lowest BCUT2D eigenvalue weighted by molar-refractivity contribution is 0.0730. The number of fused-ring (bicyclic) bond motifs is 1. The molecule has 6 nitrogen and oxygen atoms in total. The number of sulfonamides is 1. The molecule has 1 fully saturated rings. The number of carbonyl (C=O) groups is 1. The van der Waals surface area contributed by atoms with Crippen LogP contribution in [0.1, 0.15) is 15.9 Å². The predicted octanol–water partition coefficient (Wildman–Crippen LogP) is 3.42. The molecule has 0 saturated carbocycles. The van der Waals surface area contributed by atoms with E-state index in [9.17, 15) is 13.2 Å². The van der Waals surface area contributed by atoms with E-state index in [0.717, 1.165) is 10.8 Å². The third-order valence-corrected chi connectivity index (χ3v) is 6.99. The van der Waals surface area contributed by atoms with Gasteiger partial charge in [-0.05, 0) is 36.1 Å². The minimum absolute atomic E-state index is 0.119. The van der Waals surface area contributed by atoms with Gasteiger partial charge in [-0.25, -0.2) is 8.42 Å². The number of nitrogens with zero attached hydrogens (tertiary/aromatic N) is 1. The molecule has 150 valence electrons. The van der Waals surface area contributed by atoms with Crippen LogP contribution in [-0.4, -0.2) is 44.9 Å². The summed E-state index contributed by atoms with van der Waals surface area (Å²) in [5.41, 5.74) is 1.74. The van der Waals surface area contributed by atoms with E-state index in [-0.39, 0.29) is 10.8 Å². The van der Waals surface area contributed by atoms with E-state index in [2.05, 4.69) is 5.32 Å². The molecule has 7 heteroatoms. The zero-order valence-corrected chi connectivity index (χ0v) is 16.9. The van der Waals surface area contributed by atoms with Crippen LogP contribution in [-0.2, 0) is 14.8 Å². The number of anilines is 1. The molecule has 3 aromatic carbocycles. The molecule has 1 amide bonds. The maximum Gasteiger partial charge on any atom is 0.255 e. The molecule has 0 aliphatic carbocycles. The lowest BCUT2D eigenvalue weighted by Gasteiger charge is -2.26. The van der Waals surface area contributed by atoms with Gasteiger partial charge >= 0.3 is 0 Å². The second-order valence-electron chi connectivity index (χ2n) is 6.97. The normalized spacial score (nSPS) is 15.3. The second-order valence-corrected chi connectivity index (χ2v) is 8.91. The summed E-state index contributed by atoms with van der Waals surface area (Å²) < 4.78 is 32.5. The molecule has 0 atom stereocenters. The maximum atomic E-state index is 13.0. The number of amides is 1. The Hall–Kier alpha value is -2.74. The number of nitrogens with one attached hydrogen (secondary N) is 1. The molecule has 0 radical (unpaired) electrons. The number of benzene rings is 3. The quantitative estimate of drug-likeness (QED) is 0.715. The molecule has 3 aromatic rings. The number of morpholine rings is 1. The van der Waals surface area contributed by atoms with Gasteiger partial charge in [-0.3, -0.25) is 4.79 Å². The van der Waals surface area contributed by atoms with Crippen molar-refractivity contribution in [1.82, 2.24) is 4.31 Å². The SMILES string of the molecule is Cc1ccc(S(=O)(=O)N2CCOCC2)cc1C(=O)Nc1cccc2ccccc12. The van der Waals surface area contributed by atoms with E-state index >= 15 is 0 Å². The van der Waals surface area contributed by atoms with Crippen LogP contribution in [0.15, 0.2) is 65.6 Å². The number of ether oxygens (including phenoxy) is 1. The first-order chi connectivity index (χ1) is 14.0. The van der Waals surface area contributed by atoms with Crippen molar-refractivity contribution < 1.29 is 17.9 Å². The third-order valence-electron chi connectivity index (χ3n) is 5.10. The molecule has 1 heterocycles. The van der Waals surface area contributed by atoms with Crippen LogP contribution in [0.5, 0.6) is 0 Å². The van der Waals surface area contributed by atoms with Gasteiger partial charge in [0, 0.05) is 29.7 Å². The molecule has 4 rings (SSSR count). The smallest absolute Gasteiger partial charge is 0.255 e. The summed E-state index contributed by atoms with van der Waals surface area (Å²) in [6.07, 6.45) is 0. The lowest BCUT2D eigenvalue weighted by atomic mass is 10.1. The van der Waals surface area contributed by atoms with Crippen molar-refractivity contribution in [3.63, 3.8) is 0 Å². The van der Waals surface area contributed by atoms with Gasteiger partial charge in [0.25, 0.3) is 5.91 Å². The van der Waals surface area contributed by atoms with Gasteiger partial charge in [-0.15, -0.1) is 0 Å². The van der Waals surface area contributed by atoms with Crippen LogP contribution in [0.4, 0.5) is 5.69 Å². The molecule has 1 N–H and O–H groups in total. The number of hydrogen-bond donors (Lipinski definition) is 1. The lowest BCUT2D eigenvalue weighted by Crippen LogP contribution is -2.40. The molecule has 0 spiro atoms. The van der Waals surface area contributed by atoms with Gasteiger partial charge < -0.3 is 10.1 Å². The van der Waals surface area contributed by atoms with E-state index in [4.69, 9.17) is 4.74 Å². The van der Waals surface area contributed by atoms with Crippen molar-refractivity contribution in [1.29, 1.82) is 0 Å². The van der Waals surface area contributed by atoms with E-state index in [0.29, 0.717) is 43.1 Å². The zero-order chi connectivity index (χ0) is 20.4. The first-order valence-electron chi connectivity index (χ1n) is 9.44. The van der Waals surface area contributed by atoms with E-state index in [1.807, 2.05) is 42.5 Å². The first-order valence-corrected chi connectivity index (χ1v) is 10.9. The summed E-state index contributed by atoms with van der Waals surface area (Å²) in [5, 5.41) is 4.88. The summed E-state index contributed by atoms with van der Waals surface area (Å²) in [5.74, 6) is -0.335. The van der Waals surface area contributed by atoms with Crippen LogP contribution >= 0.6 is 0 Å². The van der Waals surface area contributed by atoms with Gasteiger partial charge in [0.1, 0.15) is 0 Å².